The molecule has 108 valence electrons. The van der Waals surface area contributed by atoms with E-state index in [4.69, 9.17) is 0 Å². The zero-order valence-corrected chi connectivity index (χ0v) is 12.3. The van der Waals surface area contributed by atoms with Gasteiger partial charge in [-0.3, -0.25) is 9.59 Å². The zero-order chi connectivity index (χ0) is 15.1. The summed E-state index contributed by atoms with van der Waals surface area (Å²) < 4.78 is 1.01. The lowest BCUT2D eigenvalue weighted by Gasteiger charge is -2.08. The van der Waals surface area contributed by atoms with Crippen LogP contribution in [-0.2, 0) is 9.59 Å². The molecular weight excluding hydrogens is 298 g/mol. The first kappa shape index (κ1) is 13.0. The summed E-state index contributed by atoms with van der Waals surface area (Å²) in [4.78, 5) is 27.8. The summed E-state index contributed by atoms with van der Waals surface area (Å²) in [5.74, 6) is -0.295. The van der Waals surface area contributed by atoms with Gasteiger partial charge in [-0.25, -0.2) is 4.98 Å². The van der Waals surface area contributed by atoms with Gasteiger partial charge in [0.1, 0.15) is 6.04 Å². The molecule has 0 spiro atoms. The van der Waals surface area contributed by atoms with E-state index in [0.717, 1.165) is 21.3 Å². The Kier molecular flexibility index (Phi) is 2.94. The maximum absolute atomic E-state index is 12.1. The van der Waals surface area contributed by atoms with Gasteiger partial charge in [-0.1, -0.05) is 28.9 Å². The molecule has 1 saturated heterocycles. The Bertz CT molecular complexity index is 915. The van der Waals surface area contributed by atoms with Crippen LogP contribution in [0.1, 0.15) is 24.0 Å². The fraction of sp³-hybridized carbons (Fsp3) is 0.188. The number of amides is 2. The minimum atomic E-state index is -0.459. The molecule has 1 aromatic heterocycles. The van der Waals surface area contributed by atoms with Gasteiger partial charge in [0.2, 0.25) is 11.8 Å². The first-order chi connectivity index (χ1) is 10.7. The second-order valence-electron chi connectivity index (χ2n) is 5.16. The van der Waals surface area contributed by atoms with E-state index in [1.807, 2.05) is 24.3 Å². The van der Waals surface area contributed by atoms with Crippen molar-refractivity contribution in [1.29, 1.82) is 0 Å². The molecule has 2 heterocycles. The van der Waals surface area contributed by atoms with Crippen LogP contribution in [0, 0.1) is 0 Å². The molecule has 1 atom stereocenters. The SMILES string of the molecule is O=C1CCC(C(=O)Nc2nc3ccc4c(c3s2)C=C=C=C4)N1. The molecule has 5 nitrogen and oxygen atoms in total. The minimum absolute atomic E-state index is 0.0813. The lowest BCUT2D eigenvalue weighted by molar-refractivity contribution is -0.122. The van der Waals surface area contributed by atoms with Crippen LogP contribution >= 0.6 is 11.3 Å². The van der Waals surface area contributed by atoms with Crippen LogP contribution in [0.3, 0.4) is 0 Å². The largest absolute Gasteiger partial charge is 0.344 e. The number of aromatic nitrogens is 1. The highest BCUT2D eigenvalue weighted by Crippen LogP contribution is 2.33. The quantitative estimate of drug-likeness (QED) is 0.714. The van der Waals surface area contributed by atoms with Crippen LogP contribution in [0.25, 0.3) is 22.4 Å². The van der Waals surface area contributed by atoms with Crippen LogP contribution in [-0.4, -0.2) is 22.8 Å². The minimum Gasteiger partial charge on any atom is -0.344 e. The molecule has 2 aromatic rings. The van der Waals surface area contributed by atoms with Crippen molar-refractivity contribution in [3.63, 3.8) is 0 Å². The third-order valence-corrected chi connectivity index (χ3v) is 4.72. The molecule has 1 aliphatic carbocycles. The lowest BCUT2D eigenvalue weighted by Crippen LogP contribution is -2.37. The molecule has 6 heteroatoms. The van der Waals surface area contributed by atoms with Crippen LogP contribution in [0.2, 0.25) is 0 Å². The van der Waals surface area contributed by atoms with E-state index in [-0.39, 0.29) is 11.8 Å². The van der Waals surface area contributed by atoms with Gasteiger partial charge in [0.25, 0.3) is 0 Å². The number of anilines is 1. The average molecular weight is 309 g/mol. The molecule has 4 rings (SSSR count). The number of carbonyl (C=O) groups excluding carboxylic acids is 2. The first-order valence-electron chi connectivity index (χ1n) is 6.92. The summed E-state index contributed by atoms with van der Waals surface area (Å²) in [6, 6.07) is 3.44. The van der Waals surface area contributed by atoms with Crippen molar-refractivity contribution >= 4 is 50.7 Å². The molecule has 2 aliphatic rings. The van der Waals surface area contributed by atoms with Crippen molar-refractivity contribution in [2.24, 2.45) is 0 Å². The Morgan fingerprint density at radius 2 is 2.23 bits per heavy atom. The Labute approximate surface area is 130 Å². The topological polar surface area (TPSA) is 71.1 Å². The molecule has 1 aromatic carbocycles. The van der Waals surface area contributed by atoms with Crippen molar-refractivity contribution in [3.8, 4) is 0 Å². The van der Waals surface area contributed by atoms with Crippen molar-refractivity contribution in [3.05, 3.63) is 34.7 Å². The van der Waals surface area contributed by atoms with Gasteiger partial charge >= 0.3 is 0 Å². The van der Waals surface area contributed by atoms with Crippen LogP contribution < -0.4 is 10.6 Å². The number of thiazole rings is 1. The second kappa shape index (κ2) is 4.97. The monoisotopic (exact) mass is 309 g/mol. The van der Waals surface area contributed by atoms with E-state index >= 15 is 0 Å². The number of nitrogens with zero attached hydrogens (tertiary/aromatic N) is 1. The van der Waals surface area contributed by atoms with Crippen molar-refractivity contribution < 1.29 is 9.59 Å². The van der Waals surface area contributed by atoms with Gasteiger partial charge in [0.15, 0.2) is 5.13 Å². The predicted molar refractivity (Wildman–Crippen MR) is 85.4 cm³/mol. The normalized spacial score (nSPS) is 18.5. The summed E-state index contributed by atoms with van der Waals surface area (Å²) in [5.41, 5.74) is 8.82. The molecule has 1 fully saturated rings. The van der Waals surface area contributed by atoms with Crippen molar-refractivity contribution in [2.45, 2.75) is 18.9 Å². The molecule has 1 aliphatic heterocycles. The maximum atomic E-state index is 12.1. The van der Waals surface area contributed by atoms with E-state index in [1.165, 1.54) is 11.3 Å². The summed E-state index contributed by atoms with van der Waals surface area (Å²) in [7, 11) is 0. The smallest absolute Gasteiger partial charge is 0.248 e. The Morgan fingerprint density at radius 3 is 3.05 bits per heavy atom. The maximum Gasteiger partial charge on any atom is 0.248 e. The number of fused-ring (bicyclic) bond motifs is 3. The average Bonchev–Trinajstić information content (AvgIpc) is 3.13. The standard InChI is InChI=1S/C16H11N3O2S/c20-13-8-7-12(17-13)15(21)19-16-18-11-6-5-9-3-1-2-4-10(9)14(11)22-16/h3-6,12H,7-8H2,(H,17,20)(H,18,19,21). The molecule has 0 bridgehead atoms. The fourth-order valence-electron chi connectivity index (χ4n) is 2.59. The number of rotatable bonds is 2. The number of carbonyl (C=O) groups is 2. The molecule has 1 unspecified atom stereocenters. The molecule has 0 radical (unpaired) electrons. The van der Waals surface area contributed by atoms with Gasteiger partial charge in [-0.05, 0) is 30.2 Å². The summed E-state index contributed by atoms with van der Waals surface area (Å²) in [6.45, 7) is 0. The number of hydrogen-bond donors (Lipinski definition) is 2. The zero-order valence-electron chi connectivity index (χ0n) is 11.5. The van der Waals surface area contributed by atoms with Gasteiger partial charge < -0.3 is 10.6 Å². The number of benzene rings is 1. The van der Waals surface area contributed by atoms with E-state index < -0.39 is 6.04 Å². The van der Waals surface area contributed by atoms with Crippen molar-refractivity contribution in [1.82, 2.24) is 10.3 Å². The molecular formula is C16H11N3O2S. The van der Waals surface area contributed by atoms with Crippen LogP contribution in [0.5, 0.6) is 0 Å². The van der Waals surface area contributed by atoms with Gasteiger partial charge in [-0.15, -0.1) is 0 Å². The summed E-state index contributed by atoms with van der Waals surface area (Å²) in [5, 5.41) is 5.99. The highest BCUT2D eigenvalue weighted by atomic mass is 32.1. The Hall–Kier alpha value is -2.65. The van der Waals surface area contributed by atoms with Gasteiger partial charge in [0, 0.05) is 12.0 Å². The first-order valence-corrected chi connectivity index (χ1v) is 7.73. The molecule has 0 saturated carbocycles. The number of nitrogens with one attached hydrogen (secondary N) is 2. The highest BCUT2D eigenvalue weighted by molar-refractivity contribution is 7.22. The van der Waals surface area contributed by atoms with Crippen LogP contribution in [0.4, 0.5) is 5.13 Å². The van der Waals surface area contributed by atoms with Gasteiger partial charge in [0.05, 0.1) is 10.2 Å². The third-order valence-electron chi connectivity index (χ3n) is 3.70. The summed E-state index contributed by atoms with van der Waals surface area (Å²) in [6.07, 6.45) is 4.68. The highest BCUT2D eigenvalue weighted by Gasteiger charge is 2.27. The Balaban J connectivity index is 1.64. The van der Waals surface area contributed by atoms with Gasteiger partial charge in [-0.2, -0.15) is 0 Å². The van der Waals surface area contributed by atoms with Crippen molar-refractivity contribution in [2.75, 3.05) is 5.32 Å². The molecule has 22 heavy (non-hydrogen) atoms. The molecule has 2 amide bonds. The van der Waals surface area contributed by atoms with E-state index in [1.54, 1.807) is 0 Å². The van der Waals surface area contributed by atoms with E-state index in [2.05, 4.69) is 27.1 Å². The molecule has 2 N–H and O–H groups in total. The van der Waals surface area contributed by atoms with E-state index in [9.17, 15) is 9.59 Å². The lowest BCUT2D eigenvalue weighted by atomic mass is 10.0. The Morgan fingerprint density at radius 1 is 1.36 bits per heavy atom. The van der Waals surface area contributed by atoms with E-state index in [0.29, 0.717) is 18.0 Å². The summed E-state index contributed by atoms with van der Waals surface area (Å²) >= 11 is 1.43. The fourth-order valence-corrected chi connectivity index (χ4v) is 3.59. The van der Waals surface area contributed by atoms with Crippen LogP contribution in [0.15, 0.2) is 23.6 Å². The predicted octanol–water partition coefficient (Wildman–Crippen LogP) is 2.31. The number of hydrogen-bond acceptors (Lipinski definition) is 4. The second-order valence-corrected chi connectivity index (χ2v) is 6.16. The third kappa shape index (κ3) is 2.16.